The van der Waals surface area contributed by atoms with Crippen molar-refractivity contribution in [2.45, 2.75) is 38.3 Å². The molecule has 0 saturated heterocycles. The Kier molecular flexibility index (Phi) is 4.34. The molecule has 31 heavy (non-hydrogen) atoms. The molecule has 0 spiro atoms. The van der Waals surface area contributed by atoms with Crippen LogP contribution in [-0.2, 0) is 5.60 Å². The first-order valence-electron chi connectivity index (χ1n) is 9.82. The van der Waals surface area contributed by atoms with E-state index in [-0.39, 0.29) is 5.95 Å². The Morgan fingerprint density at radius 2 is 2.10 bits per heavy atom. The number of anilines is 2. The predicted octanol–water partition coefficient (Wildman–Crippen LogP) is 1.92. The lowest BCUT2D eigenvalue weighted by Crippen LogP contribution is -2.18. The van der Waals surface area contributed by atoms with Crippen LogP contribution in [0, 0.1) is 18.8 Å². The second kappa shape index (κ2) is 7.07. The number of aromatic nitrogens is 6. The van der Waals surface area contributed by atoms with Gasteiger partial charge in [-0.1, -0.05) is 17.0 Å². The Labute approximate surface area is 177 Å². The molecule has 5 rings (SSSR count). The molecule has 0 amide bonds. The summed E-state index contributed by atoms with van der Waals surface area (Å²) in [6.07, 6.45) is 3.55. The van der Waals surface area contributed by atoms with E-state index in [0.29, 0.717) is 35.0 Å². The number of rotatable bonds is 4. The Balaban J connectivity index is 1.58. The maximum atomic E-state index is 10.7. The standard InChI is InChI=1S/C21H20N8O2/c1-12-9-17(28-31-12)21(2,30)8-7-13-3-6-15-16(10-13)29(19-24-11-23-18(22)27-19)20(26-15)25-14-4-5-14/h3,6,9-11,14,30H,4-5H2,1-2H3,(H,25,26)(H2,22,23,24,27)/t21-/m1/s1. The molecule has 1 aromatic carbocycles. The third kappa shape index (κ3) is 3.78. The van der Waals surface area contributed by atoms with Gasteiger partial charge in [-0.05, 0) is 44.9 Å². The molecule has 0 unspecified atom stereocenters. The Bertz CT molecular complexity index is 1340. The molecule has 0 radical (unpaired) electrons. The van der Waals surface area contributed by atoms with Crippen molar-refractivity contribution in [1.82, 2.24) is 29.7 Å². The van der Waals surface area contributed by atoms with E-state index in [1.165, 1.54) is 6.33 Å². The number of nitrogens with zero attached hydrogens (tertiary/aromatic N) is 6. The van der Waals surface area contributed by atoms with Crippen LogP contribution in [0.1, 0.15) is 36.8 Å². The maximum Gasteiger partial charge on any atom is 0.241 e. The third-order valence-electron chi connectivity index (χ3n) is 4.92. The molecule has 156 valence electrons. The number of nitrogens with two attached hydrogens (primary N) is 1. The van der Waals surface area contributed by atoms with Crippen LogP contribution in [0.3, 0.4) is 0 Å². The van der Waals surface area contributed by atoms with Crippen molar-refractivity contribution < 1.29 is 9.63 Å². The Hall–Kier alpha value is -3.97. The number of nitrogen functional groups attached to an aromatic ring is 1. The first kappa shape index (κ1) is 19.0. The number of imidazole rings is 1. The molecule has 0 bridgehead atoms. The smallest absolute Gasteiger partial charge is 0.241 e. The molecule has 1 aliphatic carbocycles. The highest BCUT2D eigenvalue weighted by Gasteiger charge is 2.26. The van der Waals surface area contributed by atoms with E-state index in [0.717, 1.165) is 23.9 Å². The molecular weight excluding hydrogens is 396 g/mol. The lowest BCUT2D eigenvalue weighted by Gasteiger charge is -2.11. The summed E-state index contributed by atoms with van der Waals surface area (Å²) in [7, 11) is 0. The summed E-state index contributed by atoms with van der Waals surface area (Å²) in [5.74, 6) is 7.62. The van der Waals surface area contributed by atoms with E-state index < -0.39 is 5.60 Å². The summed E-state index contributed by atoms with van der Waals surface area (Å²) in [5.41, 5.74) is 6.89. The highest BCUT2D eigenvalue weighted by atomic mass is 16.5. The van der Waals surface area contributed by atoms with Crippen LogP contribution in [0.25, 0.3) is 17.0 Å². The van der Waals surface area contributed by atoms with Gasteiger partial charge in [-0.25, -0.2) is 19.5 Å². The molecule has 1 atom stereocenters. The highest BCUT2D eigenvalue weighted by molar-refractivity contribution is 5.82. The van der Waals surface area contributed by atoms with Crippen LogP contribution < -0.4 is 11.1 Å². The summed E-state index contributed by atoms with van der Waals surface area (Å²) in [6.45, 7) is 3.33. The van der Waals surface area contributed by atoms with Gasteiger partial charge in [0.2, 0.25) is 17.8 Å². The number of benzene rings is 1. The number of aliphatic hydroxyl groups is 1. The van der Waals surface area contributed by atoms with Crippen molar-refractivity contribution in [3.63, 3.8) is 0 Å². The fourth-order valence-electron chi connectivity index (χ4n) is 3.12. The molecule has 4 N–H and O–H groups in total. The van der Waals surface area contributed by atoms with Gasteiger partial charge in [-0.2, -0.15) is 4.98 Å². The van der Waals surface area contributed by atoms with Gasteiger partial charge in [-0.15, -0.1) is 0 Å². The number of fused-ring (bicyclic) bond motifs is 1. The van der Waals surface area contributed by atoms with Gasteiger partial charge in [0.05, 0.1) is 11.0 Å². The first-order chi connectivity index (χ1) is 14.9. The lowest BCUT2D eigenvalue weighted by atomic mass is 10.0. The number of nitrogens with one attached hydrogen (secondary N) is 1. The second-order valence-corrected chi connectivity index (χ2v) is 7.68. The highest BCUT2D eigenvalue weighted by Crippen LogP contribution is 2.29. The average Bonchev–Trinajstić information content (AvgIpc) is 3.31. The topological polar surface area (TPSA) is 141 Å². The van der Waals surface area contributed by atoms with Crippen molar-refractivity contribution in [3.8, 4) is 17.8 Å². The summed E-state index contributed by atoms with van der Waals surface area (Å²) >= 11 is 0. The quantitative estimate of drug-likeness (QED) is 0.425. The Morgan fingerprint density at radius 1 is 1.26 bits per heavy atom. The largest absolute Gasteiger partial charge is 0.372 e. The van der Waals surface area contributed by atoms with Crippen LogP contribution in [0.5, 0.6) is 0 Å². The third-order valence-corrected chi connectivity index (χ3v) is 4.92. The minimum Gasteiger partial charge on any atom is -0.372 e. The summed E-state index contributed by atoms with van der Waals surface area (Å²) in [5, 5.41) is 18.0. The molecule has 1 fully saturated rings. The molecule has 10 nitrogen and oxygen atoms in total. The molecule has 4 aromatic rings. The van der Waals surface area contributed by atoms with Crippen LogP contribution in [0.2, 0.25) is 0 Å². The fraction of sp³-hybridized carbons (Fsp3) is 0.286. The molecule has 1 saturated carbocycles. The van der Waals surface area contributed by atoms with E-state index in [1.807, 2.05) is 18.2 Å². The van der Waals surface area contributed by atoms with Crippen LogP contribution in [0.15, 0.2) is 35.1 Å². The fourth-order valence-corrected chi connectivity index (χ4v) is 3.12. The van der Waals surface area contributed by atoms with Gasteiger partial charge in [0, 0.05) is 17.7 Å². The first-order valence-corrected chi connectivity index (χ1v) is 9.82. The molecular formula is C21H20N8O2. The number of hydrogen-bond acceptors (Lipinski definition) is 9. The predicted molar refractivity (Wildman–Crippen MR) is 113 cm³/mol. The minimum atomic E-state index is -1.45. The van der Waals surface area contributed by atoms with Gasteiger partial charge in [0.15, 0.2) is 5.60 Å². The van der Waals surface area contributed by atoms with E-state index in [4.69, 9.17) is 10.3 Å². The van der Waals surface area contributed by atoms with Gasteiger partial charge >= 0.3 is 0 Å². The van der Waals surface area contributed by atoms with Gasteiger partial charge in [-0.3, -0.25) is 0 Å². The van der Waals surface area contributed by atoms with Crippen molar-refractivity contribution in [1.29, 1.82) is 0 Å². The van der Waals surface area contributed by atoms with Gasteiger partial charge < -0.3 is 20.7 Å². The Morgan fingerprint density at radius 3 is 2.81 bits per heavy atom. The molecule has 10 heteroatoms. The van der Waals surface area contributed by atoms with Crippen molar-refractivity contribution in [3.05, 3.63) is 47.6 Å². The summed E-state index contributed by atoms with van der Waals surface area (Å²) in [6, 6.07) is 7.63. The molecule has 3 heterocycles. The zero-order valence-corrected chi connectivity index (χ0v) is 17.0. The van der Waals surface area contributed by atoms with Gasteiger partial charge in [0.1, 0.15) is 17.8 Å². The van der Waals surface area contributed by atoms with Crippen molar-refractivity contribution in [2.24, 2.45) is 0 Å². The summed E-state index contributed by atoms with van der Waals surface area (Å²) < 4.78 is 6.85. The SMILES string of the molecule is Cc1cc([C@](C)(O)C#Cc2ccc3nc(NC4CC4)n(-c4ncnc(N)n4)c3c2)no1. The van der Waals surface area contributed by atoms with Crippen LogP contribution >= 0.6 is 0 Å². The van der Waals surface area contributed by atoms with Crippen molar-refractivity contribution >= 4 is 22.9 Å². The maximum absolute atomic E-state index is 10.7. The average molecular weight is 416 g/mol. The van der Waals surface area contributed by atoms with E-state index in [2.05, 4.69) is 42.3 Å². The van der Waals surface area contributed by atoms with E-state index >= 15 is 0 Å². The van der Waals surface area contributed by atoms with Crippen molar-refractivity contribution in [2.75, 3.05) is 11.1 Å². The van der Waals surface area contributed by atoms with E-state index in [9.17, 15) is 5.11 Å². The monoisotopic (exact) mass is 416 g/mol. The second-order valence-electron chi connectivity index (χ2n) is 7.68. The van der Waals surface area contributed by atoms with Crippen LogP contribution in [-0.4, -0.2) is 40.8 Å². The van der Waals surface area contributed by atoms with Gasteiger partial charge in [0.25, 0.3) is 0 Å². The molecule has 0 aliphatic heterocycles. The molecule has 3 aromatic heterocycles. The normalized spacial score (nSPS) is 15.3. The van der Waals surface area contributed by atoms with Crippen LogP contribution in [0.4, 0.5) is 11.9 Å². The zero-order chi connectivity index (χ0) is 21.6. The summed E-state index contributed by atoms with van der Waals surface area (Å²) in [4.78, 5) is 17.1. The van der Waals surface area contributed by atoms with E-state index in [1.54, 1.807) is 24.5 Å². The number of hydrogen-bond donors (Lipinski definition) is 3. The molecule has 1 aliphatic rings. The number of aryl methyl sites for hydroxylation is 1. The minimum absolute atomic E-state index is 0.124. The zero-order valence-electron chi connectivity index (χ0n) is 17.0. The lowest BCUT2D eigenvalue weighted by molar-refractivity contribution is 0.112.